The van der Waals surface area contributed by atoms with Gasteiger partial charge in [-0.1, -0.05) is 53.5 Å². The van der Waals surface area contributed by atoms with Gasteiger partial charge in [0.2, 0.25) is 5.91 Å². The number of rotatable bonds is 6. The molecule has 2 aromatic rings. The van der Waals surface area contributed by atoms with Crippen molar-refractivity contribution in [2.45, 2.75) is 18.4 Å². The molecule has 2 fully saturated rings. The number of para-hydroxylation sites is 1. The highest BCUT2D eigenvalue weighted by Crippen LogP contribution is 2.39. The van der Waals surface area contributed by atoms with Crippen LogP contribution in [0.4, 0.5) is 10.5 Å². The van der Waals surface area contributed by atoms with Crippen molar-refractivity contribution >= 4 is 52.7 Å². The van der Waals surface area contributed by atoms with Gasteiger partial charge < -0.3 is 30.1 Å². The van der Waals surface area contributed by atoms with Crippen LogP contribution in [0.3, 0.4) is 0 Å². The second-order valence-corrected chi connectivity index (χ2v) is 9.96. The lowest BCUT2D eigenvalue weighted by Gasteiger charge is -2.43. The summed E-state index contributed by atoms with van der Waals surface area (Å²) in [7, 11) is 2.87. The molecule has 10 nitrogen and oxygen atoms in total. The van der Waals surface area contributed by atoms with Gasteiger partial charge >= 0.3 is 12.0 Å². The summed E-state index contributed by atoms with van der Waals surface area (Å²) in [4.78, 5) is 53.2. The van der Waals surface area contributed by atoms with Gasteiger partial charge in [0.1, 0.15) is 12.1 Å². The molecule has 0 atom stereocenters. The minimum atomic E-state index is -0.561. The number of carbonyl (C=O) groups is 4. The molecular weight excluding hydrogens is 557 g/mol. The van der Waals surface area contributed by atoms with Crippen molar-refractivity contribution < 1.29 is 23.9 Å². The monoisotopic (exact) mass is 589 g/mol. The van der Waals surface area contributed by atoms with Gasteiger partial charge in [-0.2, -0.15) is 0 Å². The number of anilines is 1. The lowest BCUT2D eigenvalue weighted by molar-refractivity contribution is -0.139. The third kappa shape index (κ3) is 6.86. The van der Waals surface area contributed by atoms with Crippen molar-refractivity contribution in [3.8, 4) is 0 Å². The van der Waals surface area contributed by atoms with Crippen molar-refractivity contribution in [3.63, 3.8) is 0 Å². The van der Waals surface area contributed by atoms with E-state index in [0.29, 0.717) is 39.1 Å². The summed E-state index contributed by atoms with van der Waals surface area (Å²) in [6.07, 6.45) is 3.04. The SMILES string of the molecule is C=CCN1CN(c2ccccc2)C2(CCN(C(=O)NC)CC2)C1=O.COC(=O)CNC(=O)c1c(Cl)cccc1Cl. The summed E-state index contributed by atoms with van der Waals surface area (Å²) in [6, 6.07) is 14.7. The molecule has 2 N–H and O–H groups in total. The van der Waals surface area contributed by atoms with Crippen LogP contribution in [-0.4, -0.2) is 86.2 Å². The smallest absolute Gasteiger partial charge is 0.325 e. The number of amides is 4. The molecule has 0 aliphatic carbocycles. The van der Waals surface area contributed by atoms with E-state index in [1.807, 2.05) is 35.2 Å². The van der Waals surface area contributed by atoms with Gasteiger partial charge in [0.15, 0.2) is 0 Å². The summed E-state index contributed by atoms with van der Waals surface area (Å²) in [5, 5.41) is 5.47. The lowest BCUT2D eigenvalue weighted by Crippen LogP contribution is -2.58. The Balaban J connectivity index is 0.000000241. The normalized spacial score (nSPS) is 15.7. The van der Waals surface area contributed by atoms with Gasteiger partial charge in [0.25, 0.3) is 5.91 Å². The van der Waals surface area contributed by atoms with Crippen LogP contribution < -0.4 is 15.5 Å². The minimum absolute atomic E-state index is 0.0792. The third-order valence-corrected chi connectivity index (χ3v) is 7.46. The summed E-state index contributed by atoms with van der Waals surface area (Å²) in [5.74, 6) is -0.916. The summed E-state index contributed by atoms with van der Waals surface area (Å²) < 4.78 is 4.38. The minimum Gasteiger partial charge on any atom is -0.468 e. The summed E-state index contributed by atoms with van der Waals surface area (Å²) in [6.45, 7) is 5.81. The molecule has 12 heteroatoms. The number of piperidine rings is 1. The fourth-order valence-corrected chi connectivity index (χ4v) is 5.33. The molecule has 214 valence electrons. The number of urea groups is 1. The quantitative estimate of drug-likeness (QED) is 0.394. The van der Waals surface area contributed by atoms with E-state index in [2.05, 4.69) is 26.8 Å². The molecule has 0 unspecified atom stereocenters. The lowest BCUT2D eigenvalue weighted by atomic mass is 9.85. The van der Waals surface area contributed by atoms with E-state index in [-0.39, 0.29) is 34.1 Å². The van der Waals surface area contributed by atoms with E-state index in [0.717, 1.165) is 5.69 Å². The standard InChI is InChI=1S/C18H24N4O2.C10H9Cl2NO3/c1-3-11-21-14-22(15-7-5-4-6-8-15)18(16(21)23)9-12-20(13-10-18)17(24)19-2;1-16-8(14)5-13-10(15)9-6(11)3-2-4-7(9)12/h3-8H,1,9-14H2,2H3,(H,19,24);2-4H,5H2,1H3,(H,13,15). The van der Waals surface area contributed by atoms with Gasteiger partial charge in [-0.25, -0.2) is 4.79 Å². The predicted octanol–water partition coefficient (Wildman–Crippen LogP) is 3.55. The van der Waals surface area contributed by atoms with Crippen LogP contribution in [0, 0.1) is 0 Å². The van der Waals surface area contributed by atoms with Crippen LogP contribution >= 0.6 is 23.2 Å². The van der Waals surface area contributed by atoms with Crippen LogP contribution in [0.15, 0.2) is 61.2 Å². The first-order valence-electron chi connectivity index (χ1n) is 12.7. The Kier molecular flexibility index (Phi) is 10.8. The highest BCUT2D eigenvalue weighted by molar-refractivity contribution is 6.39. The van der Waals surface area contributed by atoms with Gasteiger partial charge in [-0.15, -0.1) is 6.58 Å². The first kappa shape index (κ1) is 30.8. The zero-order valence-corrected chi connectivity index (χ0v) is 24.0. The van der Waals surface area contributed by atoms with Crippen molar-refractivity contribution in [1.82, 2.24) is 20.4 Å². The van der Waals surface area contributed by atoms with Gasteiger partial charge in [-0.3, -0.25) is 14.4 Å². The molecule has 2 aliphatic heterocycles. The zero-order valence-electron chi connectivity index (χ0n) is 22.5. The Bertz CT molecular complexity index is 1210. The van der Waals surface area contributed by atoms with Crippen molar-refractivity contribution in [2.24, 2.45) is 0 Å². The van der Waals surface area contributed by atoms with E-state index in [9.17, 15) is 19.2 Å². The number of hydrogen-bond acceptors (Lipinski definition) is 6. The number of hydrogen-bond donors (Lipinski definition) is 2. The Morgan fingerprint density at radius 3 is 2.23 bits per heavy atom. The number of likely N-dealkylation sites (tertiary alicyclic amines) is 1. The van der Waals surface area contributed by atoms with Gasteiger partial charge in [0, 0.05) is 32.4 Å². The maximum atomic E-state index is 13.1. The number of nitrogens with one attached hydrogen (secondary N) is 2. The molecule has 2 saturated heterocycles. The maximum absolute atomic E-state index is 13.1. The van der Waals surface area contributed by atoms with Crippen LogP contribution in [-0.2, 0) is 14.3 Å². The molecule has 0 saturated carbocycles. The molecule has 2 aromatic carbocycles. The second kappa shape index (κ2) is 14.0. The topological polar surface area (TPSA) is 111 Å². The number of carbonyl (C=O) groups excluding carboxylic acids is 4. The predicted molar refractivity (Wildman–Crippen MR) is 155 cm³/mol. The highest BCUT2D eigenvalue weighted by atomic mass is 35.5. The van der Waals surface area contributed by atoms with E-state index >= 15 is 0 Å². The van der Waals surface area contributed by atoms with Crippen LogP contribution in [0.2, 0.25) is 10.0 Å². The van der Waals surface area contributed by atoms with Crippen molar-refractivity contribution in [1.29, 1.82) is 0 Å². The number of ether oxygens (including phenoxy) is 1. The number of benzene rings is 2. The Morgan fingerprint density at radius 2 is 1.68 bits per heavy atom. The largest absolute Gasteiger partial charge is 0.468 e. The molecule has 4 amide bonds. The van der Waals surface area contributed by atoms with E-state index < -0.39 is 17.4 Å². The number of halogens is 2. The molecule has 0 aromatic heterocycles. The average molecular weight is 591 g/mol. The van der Waals surface area contributed by atoms with Crippen molar-refractivity contribution in [3.05, 3.63) is 76.8 Å². The second-order valence-electron chi connectivity index (χ2n) is 9.15. The Labute approximate surface area is 243 Å². The molecule has 2 aliphatic rings. The number of esters is 1. The van der Waals surface area contributed by atoms with Gasteiger partial charge in [-0.05, 0) is 37.1 Å². The first-order chi connectivity index (χ1) is 19.2. The van der Waals surface area contributed by atoms with Crippen molar-refractivity contribution in [2.75, 3.05) is 51.9 Å². The van der Waals surface area contributed by atoms with E-state index in [1.165, 1.54) is 7.11 Å². The zero-order chi connectivity index (χ0) is 29.3. The molecule has 4 rings (SSSR count). The molecular formula is C28H33Cl2N5O5. The van der Waals surface area contributed by atoms with Crippen LogP contribution in [0.5, 0.6) is 0 Å². The highest BCUT2D eigenvalue weighted by Gasteiger charge is 2.53. The van der Waals surface area contributed by atoms with Crippen LogP contribution in [0.25, 0.3) is 0 Å². The molecule has 0 radical (unpaired) electrons. The van der Waals surface area contributed by atoms with E-state index in [1.54, 1.807) is 36.2 Å². The number of nitrogens with zero attached hydrogens (tertiary/aromatic N) is 3. The maximum Gasteiger partial charge on any atom is 0.325 e. The first-order valence-corrected chi connectivity index (χ1v) is 13.4. The molecule has 40 heavy (non-hydrogen) atoms. The summed E-state index contributed by atoms with van der Waals surface area (Å²) >= 11 is 11.6. The Morgan fingerprint density at radius 1 is 1.05 bits per heavy atom. The van der Waals surface area contributed by atoms with Gasteiger partial charge in [0.05, 0.1) is 29.4 Å². The number of methoxy groups -OCH3 is 1. The molecule has 0 bridgehead atoms. The van der Waals surface area contributed by atoms with E-state index in [4.69, 9.17) is 23.2 Å². The van der Waals surface area contributed by atoms with Crippen LogP contribution in [0.1, 0.15) is 23.2 Å². The summed E-state index contributed by atoms with van der Waals surface area (Å²) in [5.41, 5.74) is 0.634. The Hall–Kier alpha value is -3.76. The fourth-order valence-electron chi connectivity index (χ4n) is 4.76. The fraction of sp³-hybridized carbons (Fsp3) is 0.357. The molecule has 1 spiro atoms. The average Bonchev–Trinajstić information content (AvgIpc) is 3.23. The molecule has 2 heterocycles. The third-order valence-electron chi connectivity index (χ3n) is 6.83.